The van der Waals surface area contributed by atoms with E-state index < -0.39 is 0 Å². The van der Waals surface area contributed by atoms with Crippen LogP contribution in [0.3, 0.4) is 0 Å². The molecule has 0 radical (unpaired) electrons. The summed E-state index contributed by atoms with van der Waals surface area (Å²) in [4.78, 5) is 3.20. The van der Waals surface area contributed by atoms with E-state index in [2.05, 4.69) is 28.6 Å². The number of aromatic nitrogens is 2. The Morgan fingerprint density at radius 2 is 1.94 bits per heavy atom. The van der Waals surface area contributed by atoms with E-state index in [4.69, 9.17) is 0 Å². The monoisotopic (exact) mass is 239 g/mol. The van der Waals surface area contributed by atoms with Crippen molar-refractivity contribution in [2.75, 3.05) is 0 Å². The number of aromatic hydroxyl groups is 1. The fraction of sp³-hybridized carbons (Fsp3) is 0.133. The molecule has 0 aliphatic rings. The molecule has 0 aliphatic carbocycles. The minimum Gasteiger partial charge on any atom is -0.507 e. The Morgan fingerprint density at radius 3 is 2.72 bits per heavy atom. The maximum absolute atomic E-state index is 9.84. The molecule has 3 nitrogen and oxygen atoms in total. The van der Waals surface area contributed by atoms with Crippen LogP contribution in [-0.4, -0.2) is 9.67 Å². The number of aryl methyl sites for hydroxylation is 1. The van der Waals surface area contributed by atoms with E-state index in [1.807, 2.05) is 24.3 Å². The maximum atomic E-state index is 9.84. The van der Waals surface area contributed by atoms with Gasteiger partial charge in [-0.15, -0.1) is 0 Å². The van der Waals surface area contributed by atoms with E-state index in [1.54, 1.807) is 12.3 Å². The second-order valence-corrected chi connectivity index (χ2v) is 4.48. The molecule has 3 aromatic rings. The first-order chi connectivity index (χ1) is 8.75. The predicted octanol–water partition coefficient (Wildman–Crippen LogP) is 2.52. The van der Waals surface area contributed by atoms with Crippen molar-refractivity contribution < 1.29 is 10.1 Å². The Hall–Kier alpha value is -2.29. The summed E-state index contributed by atoms with van der Waals surface area (Å²) in [5, 5.41) is 10.7. The van der Waals surface area contributed by atoms with Crippen molar-refractivity contribution in [2.45, 2.75) is 13.5 Å². The van der Waals surface area contributed by atoms with Gasteiger partial charge in [0.25, 0.3) is 5.65 Å². The van der Waals surface area contributed by atoms with Gasteiger partial charge in [0.05, 0.1) is 6.20 Å². The normalized spacial score (nSPS) is 10.9. The van der Waals surface area contributed by atoms with Gasteiger partial charge < -0.3 is 5.11 Å². The minimum absolute atomic E-state index is 0.318. The smallest absolute Gasteiger partial charge is 0.290 e. The Morgan fingerprint density at radius 1 is 1.17 bits per heavy atom. The van der Waals surface area contributed by atoms with E-state index in [0.29, 0.717) is 5.75 Å². The highest BCUT2D eigenvalue weighted by atomic mass is 16.3. The lowest BCUT2D eigenvalue weighted by Crippen LogP contribution is -2.10. The van der Waals surface area contributed by atoms with Crippen LogP contribution in [0.4, 0.5) is 0 Å². The zero-order valence-corrected chi connectivity index (χ0v) is 10.2. The van der Waals surface area contributed by atoms with Crippen LogP contribution in [0.2, 0.25) is 0 Å². The first-order valence-corrected chi connectivity index (χ1v) is 5.99. The molecule has 18 heavy (non-hydrogen) atoms. The van der Waals surface area contributed by atoms with Crippen LogP contribution in [-0.2, 0) is 6.54 Å². The van der Waals surface area contributed by atoms with E-state index in [0.717, 1.165) is 23.3 Å². The molecule has 3 heteroatoms. The highest BCUT2D eigenvalue weighted by Crippen LogP contribution is 2.24. The number of H-pyrrole nitrogens is 1. The van der Waals surface area contributed by atoms with Crippen molar-refractivity contribution in [2.24, 2.45) is 0 Å². The van der Waals surface area contributed by atoms with Gasteiger partial charge in [0.15, 0.2) is 0 Å². The van der Waals surface area contributed by atoms with Crippen LogP contribution in [0, 0.1) is 6.92 Å². The average Bonchev–Trinajstić information content (AvgIpc) is 2.70. The summed E-state index contributed by atoms with van der Waals surface area (Å²) < 4.78 is 2.17. The summed E-state index contributed by atoms with van der Waals surface area (Å²) in [6, 6.07) is 14.0. The van der Waals surface area contributed by atoms with Crippen LogP contribution in [0.5, 0.6) is 5.75 Å². The number of nitrogens with zero attached hydrogens (tertiary/aromatic N) is 1. The number of nitrogens with one attached hydrogen (secondary N) is 1. The zero-order chi connectivity index (χ0) is 12.5. The first kappa shape index (κ1) is 10.8. The van der Waals surface area contributed by atoms with Crippen molar-refractivity contribution in [3.8, 4) is 5.75 Å². The molecule has 0 saturated heterocycles. The molecule has 3 rings (SSSR count). The number of hydrogen-bond acceptors (Lipinski definition) is 1. The van der Waals surface area contributed by atoms with Gasteiger partial charge in [-0.05, 0) is 18.6 Å². The molecule has 0 saturated carbocycles. The summed E-state index contributed by atoms with van der Waals surface area (Å²) >= 11 is 0. The molecule has 2 N–H and O–H groups in total. The molecular formula is C15H15N2O+. The van der Waals surface area contributed by atoms with Crippen molar-refractivity contribution >= 4 is 11.0 Å². The molecule has 0 spiro atoms. The summed E-state index contributed by atoms with van der Waals surface area (Å²) in [6.07, 6.45) is 1.76. The van der Waals surface area contributed by atoms with E-state index >= 15 is 0 Å². The van der Waals surface area contributed by atoms with Gasteiger partial charge >= 0.3 is 0 Å². The number of hydrogen-bond donors (Lipinski definition) is 1. The molecule has 0 bridgehead atoms. The fourth-order valence-corrected chi connectivity index (χ4v) is 2.29. The molecule has 0 fully saturated rings. The summed E-state index contributed by atoms with van der Waals surface area (Å²) in [5.74, 6) is 0.318. The lowest BCUT2D eigenvalue weighted by atomic mass is 10.2. The van der Waals surface area contributed by atoms with Crippen LogP contribution < -0.4 is 4.98 Å². The van der Waals surface area contributed by atoms with Crippen molar-refractivity contribution in [1.82, 2.24) is 4.57 Å². The maximum Gasteiger partial charge on any atom is 0.290 e. The molecule has 2 heterocycles. The van der Waals surface area contributed by atoms with Gasteiger partial charge in [-0.25, -0.2) is 9.55 Å². The molecule has 2 aromatic heterocycles. The third-order valence-corrected chi connectivity index (χ3v) is 3.22. The zero-order valence-electron chi connectivity index (χ0n) is 10.2. The van der Waals surface area contributed by atoms with Crippen LogP contribution in [0.15, 0.2) is 48.7 Å². The van der Waals surface area contributed by atoms with Crippen molar-refractivity contribution in [3.05, 3.63) is 59.9 Å². The third-order valence-electron chi connectivity index (χ3n) is 3.22. The predicted molar refractivity (Wildman–Crippen MR) is 70.4 cm³/mol. The Kier molecular flexibility index (Phi) is 2.52. The van der Waals surface area contributed by atoms with E-state index in [-0.39, 0.29) is 0 Å². The number of benzene rings is 1. The molecular weight excluding hydrogens is 224 g/mol. The molecule has 1 aromatic carbocycles. The van der Waals surface area contributed by atoms with Gasteiger partial charge in [0, 0.05) is 6.07 Å². The highest BCUT2D eigenvalue weighted by Gasteiger charge is 2.16. The molecule has 0 amide bonds. The molecule has 90 valence electrons. The topological polar surface area (TPSA) is 39.3 Å². The van der Waals surface area contributed by atoms with E-state index in [1.165, 1.54) is 5.56 Å². The van der Waals surface area contributed by atoms with Gasteiger partial charge in [0.2, 0.25) is 0 Å². The lowest BCUT2D eigenvalue weighted by molar-refractivity contribution is -0.349. The highest BCUT2D eigenvalue weighted by molar-refractivity contribution is 5.81. The average molecular weight is 239 g/mol. The van der Waals surface area contributed by atoms with E-state index in [9.17, 15) is 5.11 Å². The number of pyridine rings is 1. The Labute approximate surface area is 105 Å². The second kappa shape index (κ2) is 4.18. The van der Waals surface area contributed by atoms with Gasteiger partial charge in [0.1, 0.15) is 23.4 Å². The first-order valence-electron chi connectivity index (χ1n) is 5.99. The van der Waals surface area contributed by atoms with Crippen molar-refractivity contribution in [1.29, 1.82) is 0 Å². The lowest BCUT2D eigenvalue weighted by Gasteiger charge is -2.01. The number of aromatic amines is 1. The number of fused-ring (bicyclic) bond motifs is 1. The molecule has 0 aliphatic heterocycles. The minimum atomic E-state index is 0.318. The SMILES string of the molecule is Cc1cc2c(O)cc[nH+]c2n1Cc1ccccc1. The third kappa shape index (κ3) is 1.74. The van der Waals surface area contributed by atoms with Gasteiger partial charge in [-0.1, -0.05) is 30.3 Å². The Balaban J connectivity index is 2.12. The van der Waals surface area contributed by atoms with Crippen LogP contribution in [0.25, 0.3) is 11.0 Å². The Bertz CT molecular complexity index is 686. The second-order valence-electron chi connectivity index (χ2n) is 4.48. The van der Waals surface area contributed by atoms with Crippen LogP contribution >= 0.6 is 0 Å². The van der Waals surface area contributed by atoms with Crippen molar-refractivity contribution in [3.63, 3.8) is 0 Å². The summed E-state index contributed by atoms with van der Waals surface area (Å²) in [7, 11) is 0. The standard InChI is InChI=1S/C15H14N2O/c1-11-9-13-14(18)7-8-16-15(13)17(11)10-12-5-3-2-4-6-12/h2-9H,10H2,1H3,(H,16,18)/p+1. The van der Waals surface area contributed by atoms with Gasteiger partial charge in [-0.3, -0.25) is 0 Å². The summed E-state index contributed by atoms with van der Waals surface area (Å²) in [6.45, 7) is 2.85. The molecule has 0 atom stereocenters. The summed E-state index contributed by atoms with van der Waals surface area (Å²) in [5.41, 5.74) is 3.33. The molecule has 0 unspecified atom stereocenters. The quantitative estimate of drug-likeness (QED) is 0.733. The van der Waals surface area contributed by atoms with Crippen LogP contribution in [0.1, 0.15) is 11.3 Å². The number of rotatable bonds is 2. The van der Waals surface area contributed by atoms with Gasteiger partial charge in [-0.2, -0.15) is 0 Å². The largest absolute Gasteiger partial charge is 0.507 e. The fourth-order valence-electron chi connectivity index (χ4n) is 2.29.